The molecule has 0 aromatic rings. The first-order valence-electron chi connectivity index (χ1n) is 3.91. The van der Waals surface area contributed by atoms with Crippen LogP contribution in [-0.2, 0) is 4.74 Å². The van der Waals surface area contributed by atoms with Crippen molar-refractivity contribution < 1.29 is 17.9 Å². The van der Waals surface area contributed by atoms with Gasteiger partial charge in [0.15, 0.2) is 5.11 Å². The van der Waals surface area contributed by atoms with Crippen LogP contribution in [-0.4, -0.2) is 50.0 Å². The first-order valence-corrected chi connectivity index (χ1v) is 4.32. The fourth-order valence-electron chi connectivity index (χ4n) is 0.736. The summed E-state index contributed by atoms with van der Waals surface area (Å²) in [5.41, 5.74) is 0. The topological polar surface area (TPSA) is 24.5 Å². The standard InChI is InChI=1S/C7H13F3N2OS/c1-12(5-7(8,9)10)6(14)11-3-4-13-2/h3-5H2,1-2H3,(H,11,14). The van der Waals surface area contributed by atoms with E-state index in [2.05, 4.69) is 5.32 Å². The minimum atomic E-state index is -4.23. The Labute approximate surface area is 86.2 Å². The van der Waals surface area contributed by atoms with Crippen LogP contribution in [0.3, 0.4) is 0 Å². The number of hydrogen-bond acceptors (Lipinski definition) is 2. The summed E-state index contributed by atoms with van der Waals surface area (Å²) >= 11 is 4.72. The first kappa shape index (κ1) is 13.4. The molecular weight excluding hydrogens is 217 g/mol. The molecule has 0 spiro atoms. The van der Waals surface area contributed by atoms with Crippen molar-refractivity contribution in [3.8, 4) is 0 Å². The highest BCUT2D eigenvalue weighted by atomic mass is 32.1. The molecule has 0 amide bonds. The Balaban J connectivity index is 3.77. The number of halogens is 3. The molecule has 1 N–H and O–H groups in total. The lowest BCUT2D eigenvalue weighted by Crippen LogP contribution is -2.43. The highest BCUT2D eigenvalue weighted by Gasteiger charge is 2.29. The quantitative estimate of drug-likeness (QED) is 0.575. The van der Waals surface area contributed by atoms with Gasteiger partial charge in [0.05, 0.1) is 6.61 Å². The van der Waals surface area contributed by atoms with Crippen LogP contribution in [0, 0.1) is 0 Å². The maximum atomic E-state index is 11.9. The first-order chi connectivity index (χ1) is 6.37. The van der Waals surface area contributed by atoms with Crippen LogP contribution in [0.1, 0.15) is 0 Å². The van der Waals surface area contributed by atoms with Gasteiger partial charge in [0, 0.05) is 20.7 Å². The molecule has 0 fully saturated rings. The summed E-state index contributed by atoms with van der Waals surface area (Å²) in [5, 5.41) is 2.71. The predicted octanol–water partition coefficient (Wildman–Crippen LogP) is 1.00. The predicted molar refractivity (Wildman–Crippen MR) is 51.2 cm³/mol. The van der Waals surface area contributed by atoms with Crippen molar-refractivity contribution in [1.82, 2.24) is 10.2 Å². The van der Waals surface area contributed by atoms with E-state index in [1.165, 1.54) is 14.2 Å². The van der Waals surface area contributed by atoms with E-state index in [1.807, 2.05) is 0 Å². The highest BCUT2D eigenvalue weighted by Crippen LogP contribution is 2.15. The SMILES string of the molecule is COCCNC(=S)N(C)CC(F)(F)F. The Morgan fingerprint density at radius 2 is 2.07 bits per heavy atom. The normalized spacial score (nSPS) is 11.2. The van der Waals surface area contributed by atoms with E-state index in [0.29, 0.717) is 13.2 Å². The third-order valence-electron chi connectivity index (χ3n) is 1.35. The Hall–Kier alpha value is -0.560. The van der Waals surface area contributed by atoms with Gasteiger partial charge in [-0.25, -0.2) is 0 Å². The van der Waals surface area contributed by atoms with E-state index in [4.69, 9.17) is 17.0 Å². The average Bonchev–Trinajstić information content (AvgIpc) is 2.01. The largest absolute Gasteiger partial charge is 0.405 e. The van der Waals surface area contributed by atoms with Gasteiger partial charge in [0.2, 0.25) is 0 Å². The zero-order valence-electron chi connectivity index (χ0n) is 8.02. The van der Waals surface area contributed by atoms with Crippen molar-refractivity contribution in [2.75, 3.05) is 33.9 Å². The lowest BCUT2D eigenvalue weighted by Gasteiger charge is -2.22. The number of thiocarbonyl (C=S) groups is 1. The zero-order chi connectivity index (χ0) is 11.2. The monoisotopic (exact) mass is 230 g/mol. The summed E-state index contributed by atoms with van der Waals surface area (Å²) in [4.78, 5) is 0.936. The van der Waals surface area contributed by atoms with Crippen molar-refractivity contribution in [2.24, 2.45) is 0 Å². The van der Waals surface area contributed by atoms with Crippen LogP contribution in [0.15, 0.2) is 0 Å². The molecule has 14 heavy (non-hydrogen) atoms. The van der Waals surface area contributed by atoms with E-state index < -0.39 is 12.7 Å². The van der Waals surface area contributed by atoms with Gasteiger partial charge in [0.25, 0.3) is 0 Å². The van der Waals surface area contributed by atoms with E-state index in [1.54, 1.807) is 0 Å². The molecule has 0 radical (unpaired) electrons. The fourth-order valence-corrected chi connectivity index (χ4v) is 0.902. The Kier molecular flexibility index (Phi) is 5.78. The van der Waals surface area contributed by atoms with Crippen molar-refractivity contribution >= 4 is 17.3 Å². The number of nitrogens with one attached hydrogen (secondary N) is 1. The van der Waals surface area contributed by atoms with E-state index >= 15 is 0 Å². The smallest absolute Gasteiger partial charge is 0.383 e. The third kappa shape index (κ3) is 6.90. The van der Waals surface area contributed by atoms with Crippen LogP contribution in [0.25, 0.3) is 0 Å². The summed E-state index contributed by atoms with van der Waals surface area (Å²) in [6.07, 6.45) is -4.23. The Morgan fingerprint density at radius 3 is 2.50 bits per heavy atom. The molecule has 0 saturated heterocycles. The van der Waals surface area contributed by atoms with Crippen LogP contribution in [0.2, 0.25) is 0 Å². The molecule has 84 valence electrons. The Bertz CT molecular complexity index is 186. The van der Waals surface area contributed by atoms with Crippen LogP contribution in [0.4, 0.5) is 13.2 Å². The van der Waals surface area contributed by atoms with Gasteiger partial charge in [-0.3, -0.25) is 0 Å². The summed E-state index contributed by atoms with van der Waals surface area (Å²) in [6.45, 7) is -0.247. The van der Waals surface area contributed by atoms with Crippen molar-refractivity contribution in [3.05, 3.63) is 0 Å². The summed E-state index contributed by atoms with van der Waals surface area (Å²) in [7, 11) is 2.79. The van der Waals surface area contributed by atoms with Gasteiger partial charge in [-0.1, -0.05) is 0 Å². The molecule has 0 aromatic carbocycles. The van der Waals surface area contributed by atoms with Crippen LogP contribution >= 0.6 is 12.2 Å². The van der Waals surface area contributed by atoms with Crippen LogP contribution in [0.5, 0.6) is 0 Å². The lowest BCUT2D eigenvalue weighted by atomic mass is 10.5. The molecule has 0 aliphatic rings. The second-order valence-corrected chi connectivity index (χ2v) is 3.08. The summed E-state index contributed by atoms with van der Waals surface area (Å²) in [5.74, 6) is 0. The van der Waals surface area contributed by atoms with Crippen LogP contribution < -0.4 is 5.32 Å². The minimum absolute atomic E-state index is 0.0689. The number of nitrogens with zero attached hydrogens (tertiary/aromatic N) is 1. The number of hydrogen-bond donors (Lipinski definition) is 1. The van der Waals surface area contributed by atoms with E-state index in [0.717, 1.165) is 4.90 Å². The molecule has 0 atom stereocenters. The maximum Gasteiger partial charge on any atom is 0.405 e. The number of rotatable bonds is 4. The molecule has 7 heteroatoms. The van der Waals surface area contributed by atoms with Crippen molar-refractivity contribution in [1.29, 1.82) is 0 Å². The number of alkyl halides is 3. The summed E-state index contributed by atoms with van der Waals surface area (Å²) in [6, 6.07) is 0. The molecule has 0 bridgehead atoms. The third-order valence-corrected chi connectivity index (χ3v) is 1.80. The summed E-state index contributed by atoms with van der Waals surface area (Å²) < 4.78 is 40.4. The number of ether oxygens (including phenoxy) is 1. The number of methoxy groups -OCH3 is 1. The van der Waals surface area contributed by atoms with Gasteiger partial charge in [-0.05, 0) is 12.2 Å². The van der Waals surface area contributed by atoms with Gasteiger partial charge < -0.3 is 15.0 Å². The van der Waals surface area contributed by atoms with Gasteiger partial charge >= 0.3 is 6.18 Å². The molecule has 0 aliphatic carbocycles. The average molecular weight is 230 g/mol. The molecule has 0 aliphatic heterocycles. The molecule has 3 nitrogen and oxygen atoms in total. The van der Waals surface area contributed by atoms with Crippen molar-refractivity contribution in [2.45, 2.75) is 6.18 Å². The maximum absolute atomic E-state index is 11.9. The molecular formula is C7H13F3N2OS. The fraction of sp³-hybridized carbons (Fsp3) is 0.857. The molecule has 0 heterocycles. The molecule has 0 aromatic heterocycles. The second-order valence-electron chi connectivity index (χ2n) is 2.70. The molecule has 0 unspecified atom stereocenters. The lowest BCUT2D eigenvalue weighted by molar-refractivity contribution is -0.135. The highest BCUT2D eigenvalue weighted by molar-refractivity contribution is 7.80. The van der Waals surface area contributed by atoms with Gasteiger partial charge in [-0.2, -0.15) is 13.2 Å². The minimum Gasteiger partial charge on any atom is -0.383 e. The van der Waals surface area contributed by atoms with E-state index in [-0.39, 0.29) is 5.11 Å². The Morgan fingerprint density at radius 1 is 1.50 bits per heavy atom. The zero-order valence-corrected chi connectivity index (χ0v) is 8.84. The second kappa shape index (κ2) is 6.02. The molecule has 0 saturated carbocycles. The van der Waals surface area contributed by atoms with Crippen molar-refractivity contribution in [3.63, 3.8) is 0 Å². The molecule has 0 rings (SSSR count). The van der Waals surface area contributed by atoms with Gasteiger partial charge in [0.1, 0.15) is 6.54 Å². The van der Waals surface area contributed by atoms with Gasteiger partial charge in [-0.15, -0.1) is 0 Å². The van der Waals surface area contributed by atoms with E-state index in [9.17, 15) is 13.2 Å².